The van der Waals surface area contributed by atoms with Gasteiger partial charge in [0, 0.05) is 24.5 Å². The Bertz CT molecular complexity index is 587. The molecule has 0 fully saturated rings. The Hall–Kier alpha value is -1.76. The molecule has 2 aromatic rings. The van der Waals surface area contributed by atoms with E-state index >= 15 is 0 Å². The van der Waals surface area contributed by atoms with Crippen molar-refractivity contribution in [3.8, 4) is 11.3 Å². The van der Waals surface area contributed by atoms with Crippen LogP contribution >= 0.6 is 0 Å². The van der Waals surface area contributed by atoms with Crippen molar-refractivity contribution in [1.29, 1.82) is 0 Å². The number of aromatic nitrogens is 1. The highest BCUT2D eigenvalue weighted by atomic mass is 14.9. The third kappa shape index (κ3) is 1.62. The predicted molar refractivity (Wildman–Crippen MR) is 72.8 cm³/mol. The monoisotopic (exact) mass is 223 g/mol. The molecule has 1 heterocycles. The van der Waals surface area contributed by atoms with Crippen LogP contribution < -0.4 is 0 Å². The van der Waals surface area contributed by atoms with Gasteiger partial charge in [0.2, 0.25) is 0 Å². The summed E-state index contributed by atoms with van der Waals surface area (Å²) in [5.41, 5.74) is 7.10. The fourth-order valence-electron chi connectivity index (χ4n) is 2.63. The summed E-state index contributed by atoms with van der Waals surface area (Å²) < 4.78 is 2.19. The molecule has 3 rings (SSSR count). The van der Waals surface area contributed by atoms with Gasteiger partial charge in [0.05, 0.1) is 0 Å². The van der Waals surface area contributed by atoms with Crippen molar-refractivity contribution >= 4 is 6.08 Å². The van der Waals surface area contributed by atoms with Gasteiger partial charge < -0.3 is 4.57 Å². The molecule has 0 spiro atoms. The molecule has 0 bridgehead atoms. The van der Waals surface area contributed by atoms with Gasteiger partial charge in [-0.2, -0.15) is 0 Å². The molecule has 0 radical (unpaired) electrons. The molecular formula is C16H17N. The Morgan fingerprint density at radius 1 is 1.18 bits per heavy atom. The van der Waals surface area contributed by atoms with E-state index in [-0.39, 0.29) is 0 Å². The van der Waals surface area contributed by atoms with Crippen molar-refractivity contribution in [2.75, 3.05) is 0 Å². The topological polar surface area (TPSA) is 4.93 Å². The first-order valence-electron chi connectivity index (χ1n) is 6.22. The molecule has 1 heteroatoms. The number of hydrogen-bond acceptors (Lipinski definition) is 0. The second-order valence-corrected chi connectivity index (χ2v) is 4.72. The minimum atomic E-state index is 1.13. The quantitative estimate of drug-likeness (QED) is 0.724. The lowest BCUT2D eigenvalue weighted by atomic mass is 10.0. The largest absolute Gasteiger partial charge is 0.351 e. The van der Waals surface area contributed by atoms with Crippen LogP contribution in [0.25, 0.3) is 17.3 Å². The molecule has 0 unspecified atom stereocenters. The molecule has 1 nitrogen and oxygen atoms in total. The van der Waals surface area contributed by atoms with Crippen LogP contribution in [0.2, 0.25) is 0 Å². The summed E-state index contributed by atoms with van der Waals surface area (Å²) in [6.45, 7) is 2.24. The molecule has 0 atom stereocenters. The van der Waals surface area contributed by atoms with E-state index in [4.69, 9.17) is 0 Å². The van der Waals surface area contributed by atoms with Crippen molar-refractivity contribution in [1.82, 2.24) is 4.57 Å². The Balaban J connectivity index is 2.18. The smallest absolute Gasteiger partial charge is 0.0483 e. The average molecular weight is 223 g/mol. The van der Waals surface area contributed by atoms with Crippen molar-refractivity contribution in [3.63, 3.8) is 0 Å². The van der Waals surface area contributed by atoms with E-state index in [9.17, 15) is 0 Å². The maximum absolute atomic E-state index is 2.37. The number of benzene rings is 1. The predicted octanol–water partition coefficient (Wildman–Crippen LogP) is 4.04. The third-order valence-corrected chi connectivity index (χ3v) is 3.64. The Morgan fingerprint density at radius 3 is 2.76 bits per heavy atom. The number of hydrogen-bond donors (Lipinski definition) is 0. The van der Waals surface area contributed by atoms with Gasteiger partial charge >= 0.3 is 0 Å². The van der Waals surface area contributed by atoms with E-state index in [1.54, 1.807) is 5.57 Å². The summed E-state index contributed by atoms with van der Waals surface area (Å²) in [6, 6.07) is 10.9. The van der Waals surface area contributed by atoms with Crippen molar-refractivity contribution in [2.24, 2.45) is 7.05 Å². The zero-order chi connectivity index (χ0) is 11.8. The fourth-order valence-corrected chi connectivity index (χ4v) is 2.63. The molecule has 86 valence electrons. The molecule has 1 aromatic heterocycles. The van der Waals surface area contributed by atoms with E-state index < -0.39 is 0 Å². The molecule has 0 amide bonds. The minimum absolute atomic E-state index is 1.13. The Morgan fingerprint density at radius 2 is 2.06 bits per heavy atom. The number of allylic oxidation sites excluding steroid dienone is 1. The summed E-state index contributed by atoms with van der Waals surface area (Å²) in [7, 11) is 2.11. The zero-order valence-electron chi connectivity index (χ0n) is 10.4. The van der Waals surface area contributed by atoms with Gasteiger partial charge in [-0.25, -0.2) is 0 Å². The van der Waals surface area contributed by atoms with Crippen molar-refractivity contribution < 1.29 is 0 Å². The zero-order valence-corrected chi connectivity index (χ0v) is 10.4. The number of aryl methyl sites for hydroxylation is 1. The van der Waals surface area contributed by atoms with Crippen LogP contribution in [0.4, 0.5) is 0 Å². The second kappa shape index (κ2) is 3.92. The first-order valence-corrected chi connectivity index (χ1v) is 6.22. The minimum Gasteiger partial charge on any atom is -0.351 e. The molecular weight excluding hydrogens is 206 g/mol. The van der Waals surface area contributed by atoms with E-state index in [1.165, 1.54) is 22.4 Å². The Labute approximate surface area is 102 Å². The SMILES string of the molecule is CCC1=Cc2c(cccc2-c2cccn2C)C1. The van der Waals surface area contributed by atoms with Crippen LogP contribution in [0.3, 0.4) is 0 Å². The van der Waals surface area contributed by atoms with Crippen LogP contribution in [-0.2, 0) is 13.5 Å². The lowest BCUT2D eigenvalue weighted by Crippen LogP contribution is -1.93. The lowest BCUT2D eigenvalue weighted by molar-refractivity contribution is 0.936. The van der Waals surface area contributed by atoms with Gasteiger partial charge in [0.15, 0.2) is 0 Å². The Kier molecular flexibility index (Phi) is 2.40. The van der Waals surface area contributed by atoms with Gasteiger partial charge in [0.1, 0.15) is 0 Å². The summed E-state index contributed by atoms with van der Waals surface area (Å²) in [6.07, 6.45) is 6.76. The maximum atomic E-state index is 2.37. The number of nitrogens with zero attached hydrogens (tertiary/aromatic N) is 1. The van der Waals surface area contributed by atoms with Gasteiger partial charge in [-0.1, -0.05) is 36.8 Å². The normalized spacial score (nSPS) is 13.6. The van der Waals surface area contributed by atoms with Gasteiger partial charge in [-0.05, 0) is 36.1 Å². The summed E-state index contributed by atoms with van der Waals surface area (Å²) >= 11 is 0. The van der Waals surface area contributed by atoms with Crippen molar-refractivity contribution in [2.45, 2.75) is 19.8 Å². The first-order chi connectivity index (χ1) is 8.29. The maximum Gasteiger partial charge on any atom is 0.0483 e. The molecule has 0 aliphatic heterocycles. The molecule has 1 aliphatic carbocycles. The summed E-state index contributed by atoms with van der Waals surface area (Å²) in [4.78, 5) is 0. The second-order valence-electron chi connectivity index (χ2n) is 4.72. The van der Waals surface area contributed by atoms with Crippen LogP contribution in [0.1, 0.15) is 24.5 Å². The van der Waals surface area contributed by atoms with Gasteiger partial charge in [0.25, 0.3) is 0 Å². The van der Waals surface area contributed by atoms with Crippen LogP contribution in [0, 0.1) is 0 Å². The molecule has 1 aliphatic rings. The first kappa shape index (κ1) is 10.4. The molecule has 1 aromatic carbocycles. The average Bonchev–Trinajstić information content (AvgIpc) is 2.93. The molecule has 0 saturated heterocycles. The highest BCUT2D eigenvalue weighted by Crippen LogP contribution is 2.34. The third-order valence-electron chi connectivity index (χ3n) is 3.64. The highest BCUT2D eigenvalue weighted by Gasteiger charge is 2.16. The summed E-state index contributed by atoms with van der Waals surface area (Å²) in [5, 5.41) is 0. The fraction of sp³-hybridized carbons (Fsp3) is 0.250. The van der Waals surface area contributed by atoms with Crippen LogP contribution in [0.15, 0.2) is 42.1 Å². The molecule has 17 heavy (non-hydrogen) atoms. The molecule has 0 saturated carbocycles. The van der Waals surface area contributed by atoms with Gasteiger partial charge in [-0.3, -0.25) is 0 Å². The van der Waals surface area contributed by atoms with E-state index in [1.807, 2.05) is 0 Å². The highest BCUT2D eigenvalue weighted by molar-refractivity contribution is 5.79. The standard InChI is InChI=1S/C16H17N/c1-3-12-10-13-6-4-7-14(15(13)11-12)16-8-5-9-17(16)2/h4-9,11H,3,10H2,1-2H3. The number of rotatable bonds is 2. The van der Waals surface area contributed by atoms with Gasteiger partial charge in [-0.15, -0.1) is 0 Å². The molecule has 0 N–H and O–H groups in total. The summed E-state index contributed by atoms with van der Waals surface area (Å²) in [5.74, 6) is 0. The van der Waals surface area contributed by atoms with Crippen LogP contribution in [0.5, 0.6) is 0 Å². The van der Waals surface area contributed by atoms with Crippen LogP contribution in [-0.4, -0.2) is 4.57 Å². The van der Waals surface area contributed by atoms with Crippen molar-refractivity contribution in [3.05, 3.63) is 53.2 Å². The van der Waals surface area contributed by atoms with E-state index in [0.29, 0.717) is 0 Å². The number of fused-ring (bicyclic) bond motifs is 1. The lowest BCUT2D eigenvalue weighted by Gasteiger charge is -2.08. The van der Waals surface area contributed by atoms with E-state index in [0.717, 1.165) is 12.8 Å². The van der Waals surface area contributed by atoms with E-state index in [2.05, 4.69) is 61.1 Å².